The lowest BCUT2D eigenvalue weighted by atomic mass is 9.87. The maximum Gasteiger partial charge on any atom is 0.355 e. The first-order valence-electron chi connectivity index (χ1n) is 12.1. The van der Waals surface area contributed by atoms with Crippen molar-refractivity contribution < 1.29 is 18.3 Å². The van der Waals surface area contributed by atoms with Crippen LogP contribution < -0.4 is 16.3 Å². The Kier molecular flexibility index (Phi) is 6.74. The van der Waals surface area contributed by atoms with Gasteiger partial charge >= 0.3 is 11.7 Å². The molecule has 2 N–H and O–H groups in total. The molecule has 192 valence electrons. The van der Waals surface area contributed by atoms with Gasteiger partial charge in [-0.2, -0.15) is 4.98 Å². The minimum atomic E-state index is -1.06. The first kappa shape index (κ1) is 24.9. The average molecular weight is 515 g/mol. The van der Waals surface area contributed by atoms with E-state index in [0.717, 1.165) is 12.1 Å². The van der Waals surface area contributed by atoms with Crippen LogP contribution in [0.5, 0.6) is 0 Å². The van der Waals surface area contributed by atoms with Crippen LogP contribution in [0.2, 0.25) is 0 Å². The molecule has 1 aliphatic heterocycles. The van der Waals surface area contributed by atoms with E-state index in [1.54, 1.807) is 38.1 Å². The molecule has 2 heterocycles. The Morgan fingerprint density at radius 1 is 1.03 bits per heavy atom. The molecule has 0 fully saturated rings. The number of carbonyl (C=O) groups excluding carboxylic acids is 1. The smallest absolute Gasteiger partial charge is 0.355 e. The van der Waals surface area contributed by atoms with E-state index in [-0.39, 0.29) is 18.1 Å². The Hall–Kier alpha value is -4.79. The molecule has 0 saturated carbocycles. The Bertz CT molecular complexity index is 1600. The van der Waals surface area contributed by atoms with Gasteiger partial charge in [-0.05, 0) is 43.7 Å². The number of anilines is 3. The van der Waals surface area contributed by atoms with Crippen LogP contribution in [0.4, 0.5) is 26.1 Å². The Morgan fingerprint density at radius 2 is 1.71 bits per heavy atom. The topological polar surface area (TPSA) is 85.2 Å². The van der Waals surface area contributed by atoms with E-state index in [2.05, 4.69) is 15.6 Å². The van der Waals surface area contributed by atoms with Gasteiger partial charge in [0.05, 0.1) is 29.5 Å². The molecule has 1 aromatic heterocycles. The molecule has 1 aliphatic rings. The maximum atomic E-state index is 14.0. The first-order valence-corrected chi connectivity index (χ1v) is 12.1. The van der Waals surface area contributed by atoms with E-state index < -0.39 is 29.3 Å². The van der Waals surface area contributed by atoms with Crippen LogP contribution in [-0.4, -0.2) is 28.2 Å². The third-order valence-corrected chi connectivity index (χ3v) is 6.16. The van der Waals surface area contributed by atoms with E-state index >= 15 is 0 Å². The zero-order valence-corrected chi connectivity index (χ0v) is 20.7. The second kappa shape index (κ2) is 10.3. The number of para-hydroxylation sites is 1. The summed E-state index contributed by atoms with van der Waals surface area (Å²) in [5.74, 6) is -2.12. The van der Waals surface area contributed by atoms with Crippen LogP contribution in [0.15, 0.2) is 89.2 Å². The van der Waals surface area contributed by atoms with Gasteiger partial charge in [-0.1, -0.05) is 48.5 Å². The Morgan fingerprint density at radius 3 is 2.37 bits per heavy atom. The minimum absolute atomic E-state index is 0.0724. The lowest BCUT2D eigenvalue weighted by Gasteiger charge is -2.32. The predicted octanol–water partition coefficient (Wildman–Crippen LogP) is 5.43. The van der Waals surface area contributed by atoms with Crippen molar-refractivity contribution >= 4 is 28.9 Å². The number of nitrogens with one attached hydrogen (secondary N) is 2. The number of fused-ring (bicyclic) bond motifs is 1. The van der Waals surface area contributed by atoms with Gasteiger partial charge in [-0.3, -0.25) is 0 Å². The molecule has 38 heavy (non-hydrogen) atoms. The molecule has 0 radical (unpaired) electrons. The van der Waals surface area contributed by atoms with Crippen LogP contribution in [0, 0.1) is 11.6 Å². The predicted molar refractivity (Wildman–Crippen MR) is 142 cm³/mol. The minimum Gasteiger partial charge on any atom is -0.463 e. The van der Waals surface area contributed by atoms with Gasteiger partial charge in [0.2, 0.25) is 0 Å². The quantitative estimate of drug-likeness (QED) is 0.334. The standard InChI is InChI=1S/C29H24F2N4O3/c1-3-38-28(36)23-17(2)32-27-25(24(23)18-10-6-4-7-11-18)26(33-19-14-15-21(30)22(31)16-19)34-29(37)35(27)20-12-8-5-9-13-20/h4-17,32H,3H2,1-2H3,(H,33,34,37). The van der Waals surface area contributed by atoms with Crippen molar-refractivity contribution in [3.8, 4) is 5.69 Å². The summed E-state index contributed by atoms with van der Waals surface area (Å²) in [6.07, 6.45) is 0. The maximum absolute atomic E-state index is 14.0. The third-order valence-electron chi connectivity index (χ3n) is 6.16. The normalized spacial score (nSPS) is 14.5. The highest BCUT2D eigenvalue weighted by molar-refractivity contribution is 6.08. The van der Waals surface area contributed by atoms with Crippen molar-refractivity contribution in [3.63, 3.8) is 0 Å². The van der Waals surface area contributed by atoms with Gasteiger partial charge in [0.25, 0.3) is 0 Å². The summed E-state index contributed by atoms with van der Waals surface area (Å²) >= 11 is 0. The Balaban J connectivity index is 1.86. The van der Waals surface area contributed by atoms with Gasteiger partial charge in [0.15, 0.2) is 11.6 Å². The lowest BCUT2D eigenvalue weighted by molar-refractivity contribution is -0.138. The highest BCUT2D eigenvalue weighted by Crippen LogP contribution is 2.42. The lowest BCUT2D eigenvalue weighted by Crippen LogP contribution is -2.36. The molecule has 1 atom stereocenters. The molecule has 3 aromatic carbocycles. The zero-order chi connectivity index (χ0) is 26.8. The van der Waals surface area contributed by atoms with Crippen LogP contribution in [0.3, 0.4) is 0 Å². The summed E-state index contributed by atoms with van der Waals surface area (Å²) in [6.45, 7) is 3.70. The molecule has 0 spiro atoms. The molecule has 0 saturated heterocycles. The summed E-state index contributed by atoms with van der Waals surface area (Å²) in [7, 11) is 0. The number of ether oxygens (including phenoxy) is 1. The van der Waals surface area contributed by atoms with E-state index in [1.165, 1.54) is 10.6 Å². The van der Waals surface area contributed by atoms with Crippen molar-refractivity contribution in [2.75, 3.05) is 17.2 Å². The number of aromatic nitrogens is 2. The molecule has 1 unspecified atom stereocenters. The third kappa shape index (κ3) is 4.54. The van der Waals surface area contributed by atoms with Crippen LogP contribution in [-0.2, 0) is 9.53 Å². The van der Waals surface area contributed by atoms with Crippen molar-refractivity contribution in [1.82, 2.24) is 9.55 Å². The molecule has 0 amide bonds. The van der Waals surface area contributed by atoms with Crippen molar-refractivity contribution in [3.05, 3.63) is 118 Å². The zero-order valence-electron chi connectivity index (χ0n) is 20.7. The fourth-order valence-electron chi connectivity index (χ4n) is 4.53. The number of halogens is 2. The fourth-order valence-corrected chi connectivity index (χ4v) is 4.53. The van der Waals surface area contributed by atoms with E-state index in [4.69, 9.17) is 4.74 Å². The summed E-state index contributed by atoms with van der Waals surface area (Å²) in [6, 6.07) is 20.9. The SMILES string of the molecule is CCOC(=O)C1=C(c2ccccc2)c2c(Nc3ccc(F)c(F)c3)nc(=O)n(-c3ccccc3)c2NC1C. The molecule has 0 aliphatic carbocycles. The number of hydrogen-bond donors (Lipinski definition) is 2. The number of esters is 1. The number of hydrogen-bond acceptors (Lipinski definition) is 6. The average Bonchev–Trinajstić information content (AvgIpc) is 2.91. The molecule has 7 nitrogen and oxygen atoms in total. The highest BCUT2D eigenvalue weighted by atomic mass is 19.2. The van der Waals surface area contributed by atoms with Crippen molar-refractivity contribution in [1.29, 1.82) is 0 Å². The molecule has 0 bridgehead atoms. The van der Waals surface area contributed by atoms with Crippen molar-refractivity contribution in [2.45, 2.75) is 19.9 Å². The van der Waals surface area contributed by atoms with Gasteiger partial charge in [-0.15, -0.1) is 0 Å². The first-order chi connectivity index (χ1) is 18.4. The molecular weight excluding hydrogens is 490 g/mol. The second-order valence-corrected chi connectivity index (χ2v) is 8.63. The van der Waals surface area contributed by atoms with Gasteiger partial charge < -0.3 is 15.4 Å². The van der Waals surface area contributed by atoms with E-state index in [0.29, 0.717) is 33.8 Å². The van der Waals surface area contributed by atoms with Crippen LogP contribution in [0.25, 0.3) is 11.3 Å². The summed E-state index contributed by atoms with van der Waals surface area (Å²) in [5.41, 5.74) is 2.09. The molecule has 5 rings (SSSR count). The van der Waals surface area contributed by atoms with Crippen LogP contribution in [0.1, 0.15) is 25.0 Å². The number of rotatable bonds is 6. The van der Waals surface area contributed by atoms with Gasteiger partial charge in [0.1, 0.15) is 11.6 Å². The molecule has 9 heteroatoms. The van der Waals surface area contributed by atoms with Gasteiger partial charge in [-0.25, -0.2) is 22.9 Å². The molecular formula is C29H24F2N4O3. The highest BCUT2D eigenvalue weighted by Gasteiger charge is 2.35. The number of carbonyl (C=O) groups is 1. The van der Waals surface area contributed by atoms with Gasteiger partial charge in [0, 0.05) is 17.3 Å². The summed E-state index contributed by atoms with van der Waals surface area (Å²) in [4.78, 5) is 31.0. The monoisotopic (exact) mass is 514 g/mol. The van der Waals surface area contributed by atoms with E-state index in [9.17, 15) is 18.4 Å². The summed E-state index contributed by atoms with van der Waals surface area (Å²) < 4.78 is 34.5. The summed E-state index contributed by atoms with van der Waals surface area (Å²) in [5, 5.41) is 6.26. The second-order valence-electron chi connectivity index (χ2n) is 8.63. The Labute approximate surface area is 217 Å². The molecule has 4 aromatic rings. The number of benzene rings is 3. The van der Waals surface area contributed by atoms with Crippen molar-refractivity contribution in [2.24, 2.45) is 0 Å². The van der Waals surface area contributed by atoms with Crippen LogP contribution >= 0.6 is 0 Å². The van der Waals surface area contributed by atoms with E-state index in [1.807, 2.05) is 36.4 Å². The fraction of sp³-hybridized carbons (Fsp3) is 0.138. The number of nitrogens with zero attached hydrogens (tertiary/aromatic N) is 2. The largest absolute Gasteiger partial charge is 0.463 e.